The highest BCUT2D eigenvalue weighted by Gasteiger charge is 2.30. The molecule has 3 N–H and O–H groups in total. The molecule has 0 saturated heterocycles. The summed E-state index contributed by atoms with van der Waals surface area (Å²) in [5.41, 5.74) is 7.36. The molecule has 0 amide bonds. The molecule has 9 nitrogen and oxygen atoms in total. The van der Waals surface area contributed by atoms with Gasteiger partial charge in [0.25, 0.3) is 0 Å². The van der Waals surface area contributed by atoms with Crippen LogP contribution in [0, 0.1) is 0 Å². The molecule has 3 aromatic rings. The largest absolute Gasteiger partial charge is 0.393 e. The van der Waals surface area contributed by atoms with Gasteiger partial charge in [0.15, 0.2) is 0 Å². The predicted molar refractivity (Wildman–Crippen MR) is 94.1 cm³/mol. The van der Waals surface area contributed by atoms with Gasteiger partial charge >= 0.3 is 0 Å². The Bertz CT molecular complexity index is 893. The van der Waals surface area contributed by atoms with Crippen molar-refractivity contribution in [1.82, 2.24) is 25.1 Å². The normalized spacial score (nSPS) is 19.2. The molecule has 0 aliphatic heterocycles. The van der Waals surface area contributed by atoms with E-state index in [-0.39, 0.29) is 18.0 Å². The van der Waals surface area contributed by atoms with Crippen molar-refractivity contribution in [3.8, 4) is 11.5 Å². The Morgan fingerprint density at radius 3 is 2.85 bits per heavy atom. The van der Waals surface area contributed by atoms with Crippen molar-refractivity contribution in [3.05, 3.63) is 42.0 Å². The zero-order chi connectivity index (χ0) is 18.1. The van der Waals surface area contributed by atoms with Crippen LogP contribution in [0.4, 0.5) is 11.8 Å². The van der Waals surface area contributed by atoms with Gasteiger partial charge in [-0.15, -0.1) is 0 Å². The molecule has 1 saturated carbocycles. The van der Waals surface area contributed by atoms with Crippen LogP contribution in [0.15, 0.2) is 35.0 Å². The topological polar surface area (TPSA) is 127 Å². The molecule has 0 spiro atoms. The third-order valence-corrected chi connectivity index (χ3v) is 4.41. The van der Waals surface area contributed by atoms with E-state index in [9.17, 15) is 5.11 Å². The van der Waals surface area contributed by atoms with Gasteiger partial charge in [0.2, 0.25) is 17.7 Å². The molecule has 0 radical (unpaired) electrons. The van der Waals surface area contributed by atoms with Crippen molar-refractivity contribution in [3.63, 3.8) is 0 Å². The third kappa shape index (κ3) is 3.33. The second kappa shape index (κ2) is 6.68. The number of aliphatic hydroxyl groups excluding tert-OH is 1. The Labute approximate surface area is 149 Å². The molecule has 1 aliphatic rings. The molecular formula is C17H19N7O2. The zero-order valence-electron chi connectivity index (χ0n) is 14.3. The predicted octanol–water partition coefficient (Wildman–Crippen LogP) is 1.38. The van der Waals surface area contributed by atoms with Gasteiger partial charge in [0.1, 0.15) is 11.5 Å². The molecule has 134 valence electrons. The second-order valence-electron chi connectivity index (χ2n) is 6.41. The van der Waals surface area contributed by atoms with Gasteiger partial charge in [-0.05, 0) is 25.0 Å². The lowest BCUT2D eigenvalue weighted by Crippen LogP contribution is -2.28. The molecular weight excluding hydrogens is 334 g/mol. The molecule has 0 atom stereocenters. The van der Waals surface area contributed by atoms with E-state index in [1.165, 1.54) is 0 Å². The Kier molecular flexibility index (Phi) is 4.21. The smallest absolute Gasteiger partial charge is 0.246 e. The molecule has 3 heterocycles. The van der Waals surface area contributed by atoms with Gasteiger partial charge in [-0.2, -0.15) is 9.97 Å². The summed E-state index contributed by atoms with van der Waals surface area (Å²) in [7, 11) is 1.87. The standard InChI is InChI=1S/C17H19N7O2/c1-24(9-15-22-16(23-26-15)12-4-2-3-5-19-12)14-8-13(20-17(18)21-14)10-6-11(25)7-10/h2-5,8,10-11,25H,6-7,9H2,1H3,(H2,18,20,21). The maximum atomic E-state index is 9.50. The number of hydrogen-bond acceptors (Lipinski definition) is 9. The first-order chi connectivity index (χ1) is 12.6. The van der Waals surface area contributed by atoms with Crippen molar-refractivity contribution < 1.29 is 9.63 Å². The van der Waals surface area contributed by atoms with Crippen molar-refractivity contribution >= 4 is 11.8 Å². The fourth-order valence-electron chi connectivity index (χ4n) is 2.91. The number of rotatable bonds is 5. The van der Waals surface area contributed by atoms with E-state index in [1.807, 2.05) is 36.2 Å². The van der Waals surface area contributed by atoms with Gasteiger partial charge in [-0.25, -0.2) is 4.98 Å². The van der Waals surface area contributed by atoms with Gasteiger partial charge in [0, 0.05) is 25.2 Å². The van der Waals surface area contributed by atoms with E-state index >= 15 is 0 Å². The van der Waals surface area contributed by atoms with Crippen LogP contribution in [0.1, 0.15) is 30.3 Å². The number of aliphatic hydroxyl groups is 1. The Morgan fingerprint density at radius 1 is 1.27 bits per heavy atom. The van der Waals surface area contributed by atoms with Crippen LogP contribution in [-0.2, 0) is 6.54 Å². The van der Waals surface area contributed by atoms with Crippen molar-refractivity contribution in [2.75, 3.05) is 17.7 Å². The number of nitrogen functional groups attached to an aromatic ring is 1. The number of hydrogen-bond donors (Lipinski definition) is 2. The summed E-state index contributed by atoms with van der Waals surface area (Å²) in [6.07, 6.45) is 2.84. The third-order valence-electron chi connectivity index (χ3n) is 4.41. The van der Waals surface area contributed by atoms with E-state index in [2.05, 4.69) is 25.1 Å². The Balaban J connectivity index is 1.50. The van der Waals surface area contributed by atoms with Crippen LogP contribution in [0.2, 0.25) is 0 Å². The second-order valence-corrected chi connectivity index (χ2v) is 6.41. The van der Waals surface area contributed by atoms with Crippen LogP contribution < -0.4 is 10.6 Å². The molecule has 1 aliphatic carbocycles. The summed E-state index contributed by atoms with van der Waals surface area (Å²) >= 11 is 0. The zero-order valence-corrected chi connectivity index (χ0v) is 14.3. The van der Waals surface area contributed by atoms with Gasteiger partial charge in [0.05, 0.1) is 18.3 Å². The molecule has 0 aromatic carbocycles. The summed E-state index contributed by atoms with van der Waals surface area (Å²) in [5.74, 6) is 2.00. The molecule has 1 fully saturated rings. The van der Waals surface area contributed by atoms with Gasteiger partial charge < -0.3 is 20.3 Å². The quantitative estimate of drug-likeness (QED) is 0.699. The van der Waals surface area contributed by atoms with Crippen molar-refractivity contribution in [2.24, 2.45) is 0 Å². The van der Waals surface area contributed by atoms with Crippen LogP contribution >= 0.6 is 0 Å². The van der Waals surface area contributed by atoms with Crippen LogP contribution in [-0.4, -0.2) is 43.4 Å². The Hall–Kier alpha value is -3.07. The van der Waals surface area contributed by atoms with Gasteiger partial charge in [-0.1, -0.05) is 11.2 Å². The highest BCUT2D eigenvalue weighted by atomic mass is 16.5. The monoisotopic (exact) mass is 353 g/mol. The lowest BCUT2D eigenvalue weighted by atomic mass is 9.80. The van der Waals surface area contributed by atoms with Crippen LogP contribution in [0.5, 0.6) is 0 Å². The average Bonchev–Trinajstić information content (AvgIpc) is 3.07. The van der Waals surface area contributed by atoms with Crippen molar-refractivity contribution in [1.29, 1.82) is 0 Å². The summed E-state index contributed by atoms with van der Waals surface area (Å²) in [6, 6.07) is 7.41. The molecule has 0 unspecified atom stereocenters. The lowest BCUT2D eigenvalue weighted by Gasteiger charge is -2.31. The number of anilines is 2. The molecule has 26 heavy (non-hydrogen) atoms. The molecule has 4 rings (SSSR count). The molecule has 9 heteroatoms. The highest BCUT2D eigenvalue weighted by molar-refractivity contribution is 5.48. The summed E-state index contributed by atoms with van der Waals surface area (Å²) in [5, 5.41) is 13.5. The highest BCUT2D eigenvalue weighted by Crippen LogP contribution is 2.36. The SMILES string of the molecule is CN(Cc1nc(-c2ccccn2)no1)c1cc(C2CC(O)C2)nc(N)n1. The number of nitrogens with two attached hydrogens (primary N) is 1. The minimum absolute atomic E-state index is 0.213. The van der Waals surface area contributed by atoms with Crippen molar-refractivity contribution in [2.45, 2.75) is 31.4 Å². The summed E-state index contributed by atoms with van der Waals surface area (Å²) in [6.45, 7) is 0.378. The summed E-state index contributed by atoms with van der Waals surface area (Å²) < 4.78 is 5.32. The maximum absolute atomic E-state index is 9.50. The Morgan fingerprint density at radius 2 is 2.12 bits per heavy atom. The average molecular weight is 353 g/mol. The number of aromatic nitrogens is 5. The lowest BCUT2D eigenvalue weighted by molar-refractivity contribution is 0.0732. The maximum Gasteiger partial charge on any atom is 0.246 e. The first-order valence-electron chi connectivity index (χ1n) is 8.36. The first-order valence-corrected chi connectivity index (χ1v) is 8.36. The van der Waals surface area contributed by atoms with E-state index in [0.717, 1.165) is 5.69 Å². The summed E-state index contributed by atoms with van der Waals surface area (Å²) in [4.78, 5) is 19.0. The molecule has 3 aromatic heterocycles. The number of pyridine rings is 1. The minimum atomic E-state index is -0.249. The van der Waals surface area contributed by atoms with E-state index < -0.39 is 0 Å². The van der Waals surface area contributed by atoms with Gasteiger partial charge in [-0.3, -0.25) is 4.98 Å². The minimum Gasteiger partial charge on any atom is -0.393 e. The van der Waals surface area contributed by atoms with E-state index in [4.69, 9.17) is 10.3 Å². The fourth-order valence-corrected chi connectivity index (χ4v) is 2.91. The van der Waals surface area contributed by atoms with Crippen LogP contribution in [0.25, 0.3) is 11.5 Å². The van der Waals surface area contributed by atoms with Crippen LogP contribution in [0.3, 0.4) is 0 Å². The molecule has 0 bridgehead atoms. The first kappa shape index (κ1) is 16.4. The van der Waals surface area contributed by atoms with E-state index in [0.29, 0.717) is 42.6 Å². The number of nitrogens with zero attached hydrogens (tertiary/aromatic N) is 6. The fraction of sp³-hybridized carbons (Fsp3) is 0.353. The van der Waals surface area contributed by atoms with E-state index in [1.54, 1.807) is 6.20 Å².